The van der Waals surface area contributed by atoms with Crippen LogP contribution in [-0.2, 0) is 16.6 Å². The van der Waals surface area contributed by atoms with Gasteiger partial charge < -0.3 is 20.0 Å². The summed E-state index contributed by atoms with van der Waals surface area (Å²) in [7, 11) is 3.54. The van der Waals surface area contributed by atoms with Crippen molar-refractivity contribution in [3.8, 4) is 0 Å². The molecule has 9 nitrogen and oxygen atoms in total. The Kier molecular flexibility index (Phi) is 8.72. The molecule has 2 amide bonds. The second-order valence-corrected chi connectivity index (χ2v) is 7.50. The summed E-state index contributed by atoms with van der Waals surface area (Å²) >= 11 is 0. The molecular formula is C19H32IN7O2. The van der Waals surface area contributed by atoms with Gasteiger partial charge in [-0.15, -0.1) is 24.0 Å². The van der Waals surface area contributed by atoms with E-state index in [0.717, 1.165) is 25.1 Å². The fraction of sp³-hybridized carbons (Fsp3) is 0.684. The van der Waals surface area contributed by atoms with Crippen molar-refractivity contribution in [1.29, 1.82) is 0 Å². The summed E-state index contributed by atoms with van der Waals surface area (Å²) in [5, 5.41) is 7.38. The van der Waals surface area contributed by atoms with Gasteiger partial charge in [0.2, 0.25) is 11.8 Å². The monoisotopic (exact) mass is 517 g/mol. The maximum Gasteiger partial charge on any atom is 0.246 e. The number of hydrogen-bond acceptors (Lipinski definition) is 4. The predicted molar refractivity (Wildman–Crippen MR) is 124 cm³/mol. The number of carbonyl (C=O) groups excluding carboxylic acids is 2. The highest BCUT2D eigenvalue weighted by Crippen LogP contribution is 2.17. The zero-order valence-electron chi connectivity index (χ0n) is 17.5. The lowest BCUT2D eigenvalue weighted by Crippen LogP contribution is -2.55. The summed E-state index contributed by atoms with van der Waals surface area (Å²) < 4.78 is 1.69. The van der Waals surface area contributed by atoms with Crippen molar-refractivity contribution in [2.45, 2.75) is 38.6 Å². The number of halogens is 1. The van der Waals surface area contributed by atoms with Crippen LogP contribution >= 0.6 is 24.0 Å². The number of carbonyl (C=O) groups is 2. The summed E-state index contributed by atoms with van der Waals surface area (Å²) in [4.78, 5) is 35.0. The Morgan fingerprint density at radius 2 is 2.10 bits per heavy atom. The molecule has 2 saturated heterocycles. The van der Waals surface area contributed by atoms with E-state index in [-0.39, 0.29) is 42.3 Å². The molecule has 0 aromatic carbocycles. The summed E-state index contributed by atoms with van der Waals surface area (Å²) in [6.07, 6.45) is 7.36. The maximum absolute atomic E-state index is 12.6. The van der Waals surface area contributed by atoms with E-state index in [9.17, 15) is 9.59 Å². The molecule has 1 aromatic heterocycles. The highest BCUT2D eigenvalue weighted by molar-refractivity contribution is 14.0. The van der Waals surface area contributed by atoms with E-state index in [4.69, 9.17) is 0 Å². The van der Waals surface area contributed by atoms with Gasteiger partial charge in [-0.2, -0.15) is 5.10 Å². The molecule has 1 atom stereocenters. The molecule has 0 radical (unpaired) electrons. The zero-order valence-corrected chi connectivity index (χ0v) is 19.8. The van der Waals surface area contributed by atoms with Crippen molar-refractivity contribution in [2.75, 3.05) is 44.7 Å². The van der Waals surface area contributed by atoms with E-state index in [1.165, 1.54) is 6.42 Å². The molecule has 162 valence electrons. The number of nitrogens with one attached hydrogen (secondary N) is 1. The molecule has 1 aromatic rings. The van der Waals surface area contributed by atoms with E-state index >= 15 is 0 Å². The number of aryl methyl sites for hydroxylation is 1. The number of rotatable bonds is 4. The fourth-order valence-electron chi connectivity index (χ4n) is 3.90. The van der Waals surface area contributed by atoms with Crippen LogP contribution in [0.25, 0.3) is 0 Å². The Morgan fingerprint density at radius 1 is 1.31 bits per heavy atom. The van der Waals surface area contributed by atoms with Gasteiger partial charge in [0.25, 0.3) is 0 Å². The van der Waals surface area contributed by atoms with Crippen LogP contribution in [0.1, 0.15) is 32.6 Å². The molecule has 1 unspecified atom stereocenters. The standard InChI is InChI=1S/C19H31N7O2.HI/c1-15-6-4-5-9-25(15)17(27)7-8-21-19(20-2)24-10-11-26(18(28)14-24)16-12-22-23(3)13-16;/h12-13,15H,4-11,14H2,1-3H3,(H,20,21);1H. The van der Waals surface area contributed by atoms with E-state index in [1.54, 1.807) is 22.8 Å². The number of nitrogens with zero attached hydrogens (tertiary/aromatic N) is 6. The van der Waals surface area contributed by atoms with Gasteiger partial charge in [0.15, 0.2) is 5.96 Å². The van der Waals surface area contributed by atoms with Crippen molar-refractivity contribution in [3.63, 3.8) is 0 Å². The summed E-state index contributed by atoms with van der Waals surface area (Å²) in [6, 6.07) is 0.332. The minimum absolute atomic E-state index is 0. The molecule has 2 fully saturated rings. The van der Waals surface area contributed by atoms with Crippen LogP contribution in [0.15, 0.2) is 17.4 Å². The van der Waals surface area contributed by atoms with E-state index in [0.29, 0.717) is 38.1 Å². The van der Waals surface area contributed by atoms with Crippen LogP contribution in [0, 0.1) is 0 Å². The number of likely N-dealkylation sites (tertiary alicyclic amines) is 1. The lowest BCUT2D eigenvalue weighted by molar-refractivity contribution is -0.134. The molecule has 3 rings (SSSR count). The molecule has 0 aliphatic carbocycles. The molecule has 2 aliphatic rings. The lowest BCUT2D eigenvalue weighted by atomic mass is 10.0. The van der Waals surface area contributed by atoms with Crippen LogP contribution in [0.4, 0.5) is 5.69 Å². The maximum atomic E-state index is 12.6. The molecule has 1 N–H and O–H groups in total. The fourth-order valence-corrected chi connectivity index (χ4v) is 3.90. The third kappa shape index (κ3) is 5.83. The highest BCUT2D eigenvalue weighted by atomic mass is 127. The smallest absolute Gasteiger partial charge is 0.246 e. The van der Waals surface area contributed by atoms with Gasteiger partial charge in [0.1, 0.15) is 6.54 Å². The minimum Gasteiger partial charge on any atom is -0.356 e. The number of guanidine groups is 1. The van der Waals surface area contributed by atoms with Crippen molar-refractivity contribution in [2.24, 2.45) is 12.0 Å². The Bertz CT molecular complexity index is 736. The van der Waals surface area contributed by atoms with Crippen molar-refractivity contribution in [1.82, 2.24) is 24.9 Å². The Morgan fingerprint density at radius 3 is 2.72 bits per heavy atom. The number of amides is 2. The quantitative estimate of drug-likeness (QED) is 0.367. The first-order valence-corrected chi connectivity index (χ1v) is 10.0. The lowest BCUT2D eigenvalue weighted by Gasteiger charge is -2.36. The van der Waals surface area contributed by atoms with E-state index in [1.807, 2.05) is 23.0 Å². The second kappa shape index (κ2) is 10.8. The van der Waals surface area contributed by atoms with Gasteiger partial charge in [-0.05, 0) is 26.2 Å². The number of aromatic nitrogens is 2. The van der Waals surface area contributed by atoms with Crippen LogP contribution in [0.3, 0.4) is 0 Å². The van der Waals surface area contributed by atoms with Crippen molar-refractivity contribution >= 4 is 47.4 Å². The normalized spacial score (nSPS) is 20.5. The summed E-state index contributed by atoms with van der Waals surface area (Å²) in [5.41, 5.74) is 0.816. The average Bonchev–Trinajstić information content (AvgIpc) is 3.11. The first-order chi connectivity index (χ1) is 13.5. The van der Waals surface area contributed by atoms with Crippen LogP contribution < -0.4 is 10.2 Å². The Labute approximate surface area is 189 Å². The summed E-state index contributed by atoms with van der Waals surface area (Å²) in [6.45, 7) is 5.01. The van der Waals surface area contributed by atoms with Gasteiger partial charge in [0.05, 0.1) is 11.9 Å². The third-order valence-corrected chi connectivity index (χ3v) is 5.48. The Hall–Kier alpha value is -1.85. The summed E-state index contributed by atoms with van der Waals surface area (Å²) in [5.74, 6) is 0.867. The van der Waals surface area contributed by atoms with E-state index in [2.05, 4.69) is 22.3 Å². The molecule has 10 heteroatoms. The van der Waals surface area contributed by atoms with Gasteiger partial charge in [-0.25, -0.2) is 0 Å². The van der Waals surface area contributed by atoms with Crippen LogP contribution in [-0.4, -0.2) is 83.2 Å². The average molecular weight is 517 g/mol. The number of anilines is 1. The van der Waals surface area contributed by atoms with Crippen LogP contribution in [0.2, 0.25) is 0 Å². The van der Waals surface area contributed by atoms with Crippen molar-refractivity contribution in [3.05, 3.63) is 12.4 Å². The highest BCUT2D eigenvalue weighted by Gasteiger charge is 2.28. The first kappa shape index (κ1) is 23.4. The molecular weight excluding hydrogens is 485 g/mol. The number of piperazine rings is 1. The van der Waals surface area contributed by atoms with Gasteiger partial charge >= 0.3 is 0 Å². The van der Waals surface area contributed by atoms with E-state index < -0.39 is 0 Å². The molecule has 0 saturated carbocycles. The molecule has 0 spiro atoms. The number of aliphatic imine (C=N–C) groups is 1. The van der Waals surface area contributed by atoms with Gasteiger partial charge in [-0.1, -0.05) is 0 Å². The number of piperidine rings is 1. The SMILES string of the molecule is CN=C(NCCC(=O)N1CCCCC1C)N1CCN(c2cnn(C)c2)C(=O)C1.I. The first-order valence-electron chi connectivity index (χ1n) is 10.0. The molecule has 3 heterocycles. The topological polar surface area (TPSA) is 86.1 Å². The largest absolute Gasteiger partial charge is 0.356 e. The zero-order chi connectivity index (χ0) is 20.1. The molecule has 29 heavy (non-hydrogen) atoms. The predicted octanol–water partition coefficient (Wildman–Crippen LogP) is 1.05. The van der Waals surface area contributed by atoms with Crippen molar-refractivity contribution < 1.29 is 9.59 Å². The minimum atomic E-state index is 0. The molecule has 0 bridgehead atoms. The second-order valence-electron chi connectivity index (χ2n) is 7.50. The third-order valence-electron chi connectivity index (χ3n) is 5.48. The number of hydrogen-bond donors (Lipinski definition) is 1. The Balaban J connectivity index is 0.00000300. The van der Waals surface area contributed by atoms with Gasteiger partial charge in [0, 0.05) is 58.9 Å². The van der Waals surface area contributed by atoms with Crippen LogP contribution in [0.5, 0.6) is 0 Å². The van der Waals surface area contributed by atoms with Gasteiger partial charge in [-0.3, -0.25) is 19.3 Å². The molecule has 2 aliphatic heterocycles.